The molecule has 37 heavy (non-hydrogen) atoms. The SMILES string of the molecule is Cc1cc(C(=O)N2CCC3(CCCCc4ccccc4O[C@H](C)C(=O)NC3)CC2)nc(N2CCCC2)n1. The summed E-state index contributed by atoms with van der Waals surface area (Å²) >= 11 is 0. The fourth-order valence-electron chi connectivity index (χ4n) is 5.89. The predicted molar refractivity (Wildman–Crippen MR) is 143 cm³/mol. The summed E-state index contributed by atoms with van der Waals surface area (Å²) in [5.41, 5.74) is 2.47. The lowest BCUT2D eigenvalue weighted by atomic mass is 9.74. The lowest BCUT2D eigenvalue weighted by molar-refractivity contribution is -0.128. The van der Waals surface area contributed by atoms with E-state index < -0.39 is 6.10 Å². The summed E-state index contributed by atoms with van der Waals surface area (Å²) in [5, 5.41) is 3.17. The number of nitrogens with one attached hydrogen (secondary N) is 1. The molecule has 3 aliphatic heterocycles. The molecule has 0 bridgehead atoms. The quantitative estimate of drug-likeness (QED) is 0.666. The number of para-hydroxylation sites is 1. The molecule has 1 spiro atoms. The molecule has 4 heterocycles. The van der Waals surface area contributed by atoms with Crippen molar-refractivity contribution in [3.8, 4) is 5.75 Å². The molecule has 0 aliphatic carbocycles. The third-order valence-corrected chi connectivity index (χ3v) is 8.25. The number of anilines is 1. The number of likely N-dealkylation sites (tertiary alicyclic amines) is 1. The highest BCUT2D eigenvalue weighted by Crippen LogP contribution is 2.37. The Morgan fingerprint density at radius 2 is 1.78 bits per heavy atom. The van der Waals surface area contributed by atoms with E-state index in [-0.39, 0.29) is 17.2 Å². The average molecular weight is 506 g/mol. The van der Waals surface area contributed by atoms with Crippen LogP contribution in [0.3, 0.4) is 0 Å². The maximum Gasteiger partial charge on any atom is 0.272 e. The number of hydrogen-bond donors (Lipinski definition) is 1. The van der Waals surface area contributed by atoms with Crippen molar-refractivity contribution < 1.29 is 14.3 Å². The molecule has 0 radical (unpaired) electrons. The van der Waals surface area contributed by atoms with Crippen molar-refractivity contribution in [1.29, 1.82) is 0 Å². The van der Waals surface area contributed by atoms with Crippen molar-refractivity contribution in [3.05, 3.63) is 47.3 Å². The summed E-state index contributed by atoms with van der Waals surface area (Å²) in [5.74, 6) is 1.38. The van der Waals surface area contributed by atoms with Crippen LogP contribution >= 0.6 is 0 Å². The van der Waals surface area contributed by atoms with Crippen LogP contribution < -0.4 is 15.0 Å². The van der Waals surface area contributed by atoms with Gasteiger partial charge >= 0.3 is 0 Å². The first-order valence-electron chi connectivity index (χ1n) is 13.8. The van der Waals surface area contributed by atoms with Gasteiger partial charge in [0, 0.05) is 38.4 Å². The van der Waals surface area contributed by atoms with E-state index in [0.29, 0.717) is 31.3 Å². The number of amides is 2. The minimum Gasteiger partial charge on any atom is -0.481 e. The van der Waals surface area contributed by atoms with Crippen LogP contribution in [0.1, 0.15) is 73.6 Å². The van der Waals surface area contributed by atoms with Crippen LogP contribution in [0.4, 0.5) is 5.95 Å². The van der Waals surface area contributed by atoms with Crippen molar-refractivity contribution in [1.82, 2.24) is 20.2 Å². The zero-order chi connectivity index (χ0) is 25.8. The Labute approximate surface area is 219 Å². The van der Waals surface area contributed by atoms with E-state index in [2.05, 4.69) is 26.3 Å². The molecule has 1 aromatic heterocycles. The monoisotopic (exact) mass is 505 g/mol. The maximum atomic E-state index is 13.4. The van der Waals surface area contributed by atoms with Crippen LogP contribution in [-0.4, -0.2) is 65.5 Å². The molecule has 2 fully saturated rings. The second-order valence-corrected chi connectivity index (χ2v) is 11.0. The van der Waals surface area contributed by atoms with Gasteiger partial charge in [0.25, 0.3) is 11.8 Å². The number of ether oxygens (including phenoxy) is 1. The molecular weight excluding hydrogens is 466 g/mol. The van der Waals surface area contributed by atoms with Crippen molar-refractivity contribution in [3.63, 3.8) is 0 Å². The van der Waals surface area contributed by atoms with Crippen LogP contribution in [0.25, 0.3) is 0 Å². The molecule has 1 aromatic carbocycles. The molecule has 3 aliphatic rings. The summed E-state index contributed by atoms with van der Waals surface area (Å²) < 4.78 is 6.03. The van der Waals surface area contributed by atoms with Gasteiger partial charge in [-0.2, -0.15) is 0 Å². The second-order valence-electron chi connectivity index (χ2n) is 11.0. The summed E-state index contributed by atoms with van der Waals surface area (Å²) in [6.07, 6.45) is 7.61. The van der Waals surface area contributed by atoms with E-state index in [4.69, 9.17) is 4.74 Å². The third-order valence-electron chi connectivity index (χ3n) is 8.25. The first kappa shape index (κ1) is 25.5. The highest BCUT2D eigenvalue weighted by atomic mass is 16.5. The van der Waals surface area contributed by atoms with Crippen LogP contribution in [0.2, 0.25) is 0 Å². The molecule has 5 rings (SSSR count). The molecule has 198 valence electrons. The van der Waals surface area contributed by atoms with Gasteiger partial charge in [0.2, 0.25) is 5.95 Å². The minimum absolute atomic E-state index is 0.00677. The lowest BCUT2D eigenvalue weighted by Gasteiger charge is -2.42. The molecule has 1 atom stereocenters. The van der Waals surface area contributed by atoms with E-state index in [1.807, 2.05) is 43.0 Å². The first-order chi connectivity index (χ1) is 17.9. The van der Waals surface area contributed by atoms with Crippen LogP contribution in [0, 0.1) is 12.3 Å². The zero-order valence-corrected chi connectivity index (χ0v) is 22.2. The van der Waals surface area contributed by atoms with Gasteiger partial charge < -0.3 is 19.9 Å². The maximum absolute atomic E-state index is 13.4. The highest BCUT2D eigenvalue weighted by Gasteiger charge is 2.37. The normalized spacial score (nSPS) is 22.4. The number of aromatic nitrogens is 2. The first-order valence-corrected chi connectivity index (χ1v) is 13.8. The number of hydrogen-bond acceptors (Lipinski definition) is 6. The Bertz CT molecular complexity index is 1120. The van der Waals surface area contributed by atoms with Gasteiger partial charge in [0.1, 0.15) is 11.4 Å². The number of aryl methyl sites for hydroxylation is 2. The minimum atomic E-state index is -0.551. The third kappa shape index (κ3) is 5.89. The van der Waals surface area contributed by atoms with E-state index in [0.717, 1.165) is 81.5 Å². The fraction of sp³-hybridized carbons (Fsp3) is 0.586. The summed E-state index contributed by atoms with van der Waals surface area (Å²) in [6, 6.07) is 9.83. The summed E-state index contributed by atoms with van der Waals surface area (Å²) in [6.45, 7) is 7.60. The predicted octanol–water partition coefficient (Wildman–Crippen LogP) is 3.92. The number of carbonyl (C=O) groups excluding carboxylic acids is 2. The second kappa shape index (κ2) is 11.1. The van der Waals surface area contributed by atoms with E-state index in [9.17, 15) is 9.59 Å². The van der Waals surface area contributed by atoms with E-state index >= 15 is 0 Å². The Morgan fingerprint density at radius 3 is 2.57 bits per heavy atom. The number of fused-ring (bicyclic) bond motifs is 1. The molecule has 2 amide bonds. The summed E-state index contributed by atoms with van der Waals surface area (Å²) in [4.78, 5) is 39.7. The van der Waals surface area contributed by atoms with Crippen molar-refractivity contribution in [2.24, 2.45) is 5.41 Å². The lowest BCUT2D eigenvalue weighted by Crippen LogP contribution is -2.49. The van der Waals surface area contributed by atoms with Gasteiger partial charge in [0.05, 0.1) is 0 Å². The molecule has 2 saturated heterocycles. The van der Waals surface area contributed by atoms with Gasteiger partial charge in [-0.1, -0.05) is 24.6 Å². The van der Waals surface area contributed by atoms with Gasteiger partial charge in [0.15, 0.2) is 6.10 Å². The van der Waals surface area contributed by atoms with E-state index in [1.54, 1.807) is 0 Å². The smallest absolute Gasteiger partial charge is 0.272 e. The topological polar surface area (TPSA) is 87.7 Å². The highest BCUT2D eigenvalue weighted by molar-refractivity contribution is 5.92. The van der Waals surface area contributed by atoms with Crippen molar-refractivity contribution >= 4 is 17.8 Å². The van der Waals surface area contributed by atoms with Crippen LogP contribution in [0.15, 0.2) is 30.3 Å². The van der Waals surface area contributed by atoms with Crippen molar-refractivity contribution in [2.45, 2.75) is 71.3 Å². The number of benzene rings is 1. The standard InChI is InChI=1S/C29H39N5O3/c1-21-19-24(32-28(31-21)34-15-7-8-16-34)27(36)33-17-13-29(14-18-33)12-6-5-10-23-9-3-4-11-25(23)37-22(2)26(35)30-20-29/h3-4,9,11,19,22H,5-8,10,12-18,20H2,1-2H3,(H,30,35)/t22-/m1/s1. The number of nitrogens with zero attached hydrogens (tertiary/aromatic N) is 4. The number of rotatable bonds is 2. The average Bonchev–Trinajstić information content (AvgIpc) is 3.45. The Balaban J connectivity index is 1.25. The van der Waals surface area contributed by atoms with Crippen LogP contribution in [0.5, 0.6) is 5.75 Å². The van der Waals surface area contributed by atoms with Crippen LogP contribution in [-0.2, 0) is 11.2 Å². The van der Waals surface area contributed by atoms with Gasteiger partial charge in [-0.15, -0.1) is 0 Å². The number of piperidine rings is 1. The molecule has 1 N–H and O–H groups in total. The molecule has 8 nitrogen and oxygen atoms in total. The van der Waals surface area contributed by atoms with E-state index in [1.165, 1.54) is 0 Å². The molecule has 0 saturated carbocycles. The molecule has 8 heteroatoms. The molecular formula is C29H39N5O3. The van der Waals surface area contributed by atoms with Crippen molar-refractivity contribution in [2.75, 3.05) is 37.6 Å². The molecule has 0 unspecified atom stereocenters. The number of carbonyl (C=O) groups is 2. The van der Waals surface area contributed by atoms with Gasteiger partial charge in [-0.05, 0) is 81.9 Å². The van der Waals surface area contributed by atoms with Gasteiger partial charge in [-0.25, -0.2) is 9.97 Å². The Morgan fingerprint density at radius 1 is 1.03 bits per heavy atom. The fourth-order valence-corrected chi connectivity index (χ4v) is 5.89. The Kier molecular flexibility index (Phi) is 7.63. The van der Waals surface area contributed by atoms with Gasteiger partial charge in [-0.3, -0.25) is 9.59 Å². The largest absolute Gasteiger partial charge is 0.481 e. The zero-order valence-electron chi connectivity index (χ0n) is 22.2. The summed E-state index contributed by atoms with van der Waals surface area (Å²) in [7, 11) is 0. The molecule has 2 aromatic rings. The Hall–Kier alpha value is -3.16.